The predicted octanol–water partition coefficient (Wildman–Crippen LogP) is 2.32. The number of nitrogens with one attached hydrogen (secondary N) is 2. The Morgan fingerprint density at radius 1 is 1.32 bits per heavy atom. The van der Waals surface area contributed by atoms with Crippen LogP contribution in [0.1, 0.15) is 6.42 Å². The summed E-state index contributed by atoms with van der Waals surface area (Å²) >= 11 is 0. The molecule has 0 unspecified atom stereocenters. The Balaban J connectivity index is 2.26. The number of benzene rings is 1. The zero-order valence-corrected chi connectivity index (χ0v) is 10.9. The lowest BCUT2D eigenvalue weighted by Gasteiger charge is -2.13. The summed E-state index contributed by atoms with van der Waals surface area (Å²) in [4.78, 5) is 16.1. The average Bonchev–Trinajstić information content (AvgIpc) is 2.43. The number of anilines is 1. The number of methoxy groups -OCH3 is 1. The Labute approximate surface area is 111 Å². The third-order valence-corrected chi connectivity index (χ3v) is 2.83. The summed E-state index contributed by atoms with van der Waals surface area (Å²) in [6.45, 7) is 0. The second kappa shape index (κ2) is 5.48. The lowest BCUT2D eigenvalue weighted by Crippen LogP contribution is -2.24. The molecule has 0 saturated carbocycles. The summed E-state index contributed by atoms with van der Waals surface area (Å²) in [5.41, 5.74) is 2.31. The Kier molecular flexibility index (Phi) is 3.75. The van der Waals surface area contributed by atoms with Gasteiger partial charge in [0.25, 0.3) is 0 Å². The van der Waals surface area contributed by atoms with Crippen molar-refractivity contribution >= 4 is 28.6 Å². The van der Waals surface area contributed by atoms with E-state index < -0.39 is 0 Å². The smallest absolute Gasteiger partial charge is 0.204 e. The zero-order valence-electron chi connectivity index (χ0n) is 10.9. The number of nitrogens with zero attached hydrogens (tertiary/aromatic N) is 1. The largest absolute Gasteiger partial charge is 0.495 e. The molecule has 0 radical (unpaired) electrons. The van der Waals surface area contributed by atoms with E-state index in [9.17, 15) is 4.79 Å². The monoisotopic (exact) mass is 257 g/mol. The van der Waals surface area contributed by atoms with Crippen LogP contribution < -0.4 is 5.32 Å². The molecule has 19 heavy (non-hydrogen) atoms. The summed E-state index contributed by atoms with van der Waals surface area (Å²) in [6.07, 6.45) is 1.51. The minimum absolute atomic E-state index is 0.201. The Hall–Kier alpha value is -2.43. The molecule has 1 aliphatic rings. The van der Waals surface area contributed by atoms with Crippen LogP contribution in [-0.2, 0) is 9.53 Å². The van der Waals surface area contributed by atoms with Gasteiger partial charge in [0.15, 0.2) is 0 Å². The molecular formula is C14H15N3O2. The third-order valence-electron chi connectivity index (χ3n) is 2.83. The summed E-state index contributed by atoms with van der Waals surface area (Å²) in [5, 5.41) is 10.8. The van der Waals surface area contributed by atoms with Crippen molar-refractivity contribution in [3.8, 4) is 0 Å². The zero-order chi connectivity index (χ0) is 13.8. The fourth-order valence-electron chi connectivity index (χ4n) is 1.77. The van der Waals surface area contributed by atoms with Crippen molar-refractivity contribution in [2.75, 3.05) is 19.5 Å². The molecule has 0 atom stereocenters. The van der Waals surface area contributed by atoms with E-state index in [1.54, 1.807) is 0 Å². The maximum Gasteiger partial charge on any atom is 0.204 e. The van der Waals surface area contributed by atoms with E-state index in [-0.39, 0.29) is 17.9 Å². The van der Waals surface area contributed by atoms with Crippen LogP contribution in [0.3, 0.4) is 0 Å². The van der Waals surface area contributed by atoms with E-state index in [1.165, 1.54) is 13.2 Å². The quantitative estimate of drug-likeness (QED) is 0.872. The first kappa shape index (κ1) is 13.0. The van der Waals surface area contributed by atoms with E-state index in [2.05, 4.69) is 10.3 Å². The molecule has 0 saturated heterocycles. The number of ether oxygens (including phenoxy) is 1. The van der Waals surface area contributed by atoms with Gasteiger partial charge < -0.3 is 15.5 Å². The Morgan fingerprint density at radius 2 is 2.00 bits per heavy atom. The molecule has 2 rings (SSSR count). The van der Waals surface area contributed by atoms with E-state index in [0.717, 1.165) is 5.69 Å². The molecular weight excluding hydrogens is 242 g/mol. The van der Waals surface area contributed by atoms with Gasteiger partial charge in [0.05, 0.1) is 24.2 Å². The van der Waals surface area contributed by atoms with Gasteiger partial charge in [-0.2, -0.15) is 0 Å². The van der Waals surface area contributed by atoms with Crippen LogP contribution in [0.4, 0.5) is 11.4 Å². The van der Waals surface area contributed by atoms with Crippen LogP contribution in [-0.4, -0.2) is 31.4 Å². The van der Waals surface area contributed by atoms with Gasteiger partial charge in [0, 0.05) is 25.2 Å². The molecule has 0 bridgehead atoms. The van der Waals surface area contributed by atoms with E-state index >= 15 is 0 Å². The molecule has 0 amide bonds. The summed E-state index contributed by atoms with van der Waals surface area (Å²) in [6, 6.07) is 7.42. The topological polar surface area (TPSA) is 74.5 Å². The van der Waals surface area contributed by atoms with E-state index in [0.29, 0.717) is 17.2 Å². The van der Waals surface area contributed by atoms with Crippen molar-refractivity contribution in [3.63, 3.8) is 0 Å². The number of rotatable bonds is 3. The van der Waals surface area contributed by atoms with Gasteiger partial charge in [0.1, 0.15) is 5.76 Å². The van der Waals surface area contributed by atoms with Gasteiger partial charge >= 0.3 is 0 Å². The van der Waals surface area contributed by atoms with Crippen LogP contribution in [0, 0.1) is 5.41 Å². The van der Waals surface area contributed by atoms with Gasteiger partial charge in [0.2, 0.25) is 5.78 Å². The highest BCUT2D eigenvalue weighted by molar-refractivity contribution is 6.50. The molecule has 5 nitrogen and oxygen atoms in total. The Morgan fingerprint density at radius 3 is 2.58 bits per heavy atom. The van der Waals surface area contributed by atoms with Crippen molar-refractivity contribution in [2.24, 2.45) is 4.99 Å². The van der Waals surface area contributed by atoms with Gasteiger partial charge in [-0.15, -0.1) is 0 Å². The molecule has 0 heterocycles. The first-order valence-electron chi connectivity index (χ1n) is 5.87. The van der Waals surface area contributed by atoms with Gasteiger partial charge in [-0.05, 0) is 24.3 Å². The number of ketones is 1. The highest BCUT2D eigenvalue weighted by Crippen LogP contribution is 2.19. The highest BCUT2D eigenvalue weighted by Gasteiger charge is 2.22. The fraction of sp³-hybridized carbons (Fsp3) is 0.214. The summed E-state index contributed by atoms with van der Waals surface area (Å²) in [7, 11) is 3.29. The lowest BCUT2D eigenvalue weighted by molar-refractivity contribution is -0.109. The number of aliphatic imine (C=N–C) groups is 1. The molecule has 1 aromatic rings. The molecule has 0 fully saturated rings. The minimum Gasteiger partial charge on any atom is -0.495 e. The number of carbonyl (C=O) groups is 1. The van der Waals surface area contributed by atoms with Crippen LogP contribution in [0.15, 0.2) is 41.1 Å². The van der Waals surface area contributed by atoms with Gasteiger partial charge in [-0.25, -0.2) is 4.99 Å². The van der Waals surface area contributed by atoms with Crippen LogP contribution in [0.5, 0.6) is 0 Å². The average molecular weight is 257 g/mol. The summed E-state index contributed by atoms with van der Waals surface area (Å²) < 4.78 is 4.96. The fourth-order valence-corrected chi connectivity index (χ4v) is 1.77. The molecule has 5 heteroatoms. The first-order chi connectivity index (χ1) is 9.13. The standard InChI is InChI=1S/C14H15N3O2/c1-16-9-3-5-10(6-4-9)17-12-7-11(15)14(19-2)8-13(12)18/h3-6,8,15-16H,7H2,1-2H3. The van der Waals surface area contributed by atoms with E-state index in [1.807, 2.05) is 31.3 Å². The number of carbonyl (C=O) groups excluding carboxylic acids is 1. The second-order valence-electron chi connectivity index (χ2n) is 4.09. The van der Waals surface area contributed by atoms with Gasteiger partial charge in [-0.3, -0.25) is 4.79 Å². The highest BCUT2D eigenvalue weighted by atomic mass is 16.5. The van der Waals surface area contributed by atoms with Crippen LogP contribution >= 0.6 is 0 Å². The molecule has 1 aliphatic carbocycles. The van der Waals surface area contributed by atoms with Crippen molar-refractivity contribution < 1.29 is 9.53 Å². The van der Waals surface area contributed by atoms with Crippen LogP contribution in [0.2, 0.25) is 0 Å². The van der Waals surface area contributed by atoms with Gasteiger partial charge in [-0.1, -0.05) is 0 Å². The normalized spacial score (nSPS) is 17.4. The molecule has 0 spiro atoms. The molecule has 0 aliphatic heterocycles. The molecule has 98 valence electrons. The second-order valence-corrected chi connectivity index (χ2v) is 4.09. The van der Waals surface area contributed by atoms with Crippen molar-refractivity contribution in [2.45, 2.75) is 6.42 Å². The Bertz CT molecular complexity index is 571. The third kappa shape index (κ3) is 2.88. The molecule has 2 N–H and O–H groups in total. The number of allylic oxidation sites excluding steroid dienone is 2. The number of hydrogen-bond donors (Lipinski definition) is 2. The first-order valence-corrected chi connectivity index (χ1v) is 5.87. The summed E-state index contributed by atoms with van der Waals surface area (Å²) in [5.74, 6) is 0.111. The van der Waals surface area contributed by atoms with Crippen molar-refractivity contribution in [1.29, 1.82) is 5.41 Å². The van der Waals surface area contributed by atoms with Crippen molar-refractivity contribution in [1.82, 2.24) is 0 Å². The molecule has 1 aromatic carbocycles. The maximum atomic E-state index is 11.8. The number of hydrogen-bond acceptors (Lipinski definition) is 5. The SMILES string of the molecule is CNc1ccc(N=C2CC(=N)C(OC)=CC2=O)cc1. The lowest BCUT2D eigenvalue weighted by atomic mass is 10.0. The molecule has 0 aromatic heterocycles. The van der Waals surface area contributed by atoms with Crippen LogP contribution in [0.25, 0.3) is 0 Å². The maximum absolute atomic E-state index is 11.8. The van der Waals surface area contributed by atoms with E-state index in [4.69, 9.17) is 10.1 Å². The van der Waals surface area contributed by atoms with Crippen molar-refractivity contribution in [3.05, 3.63) is 36.1 Å². The predicted molar refractivity (Wildman–Crippen MR) is 75.5 cm³/mol. The minimum atomic E-state index is -0.203.